The monoisotopic (exact) mass is 509 g/mol. The van der Waals surface area contributed by atoms with Crippen LogP contribution >= 0.6 is 0 Å². The molecule has 0 spiro atoms. The lowest BCUT2D eigenvalue weighted by atomic mass is 10.1. The van der Waals surface area contributed by atoms with Crippen LogP contribution in [-0.2, 0) is 27.1 Å². The molecule has 10 heteroatoms. The highest BCUT2D eigenvalue weighted by molar-refractivity contribution is 5.96. The second-order valence-electron chi connectivity index (χ2n) is 6.59. The van der Waals surface area contributed by atoms with Crippen LogP contribution in [-0.4, -0.2) is 28.7 Å². The summed E-state index contributed by atoms with van der Waals surface area (Å²) in [6.07, 6.45) is -3.64. The van der Waals surface area contributed by atoms with Crippen LogP contribution in [0.3, 0.4) is 0 Å². The number of benzene rings is 2. The fourth-order valence-corrected chi connectivity index (χ4v) is 3.27. The minimum Gasteiger partial charge on any atom is -0.507 e. The Morgan fingerprint density at radius 1 is 1.11 bits per heavy atom. The first kappa shape index (κ1) is 30.5. The number of hydroxylamine groups is 1. The van der Waals surface area contributed by atoms with Crippen LogP contribution in [0, 0.1) is 0 Å². The molecule has 0 aliphatic carbocycles. The third-order valence-corrected chi connectivity index (χ3v) is 4.73. The number of esters is 1. The summed E-state index contributed by atoms with van der Waals surface area (Å²) in [5.74, 6) is -1.30. The van der Waals surface area contributed by atoms with Gasteiger partial charge in [-0.15, -0.1) is 5.48 Å². The van der Waals surface area contributed by atoms with Crippen LogP contribution in [0.2, 0.25) is 0 Å². The summed E-state index contributed by atoms with van der Waals surface area (Å²) in [5, 5.41) is 10.3. The third kappa shape index (κ3) is 7.00. The maximum atomic E-state index is 13.1. The van der Waals surface area contributed by atoms with E-state index < -0.39 is 29.6 Å². The Bertz CT molecular complexity index is 1160. The highest BCUT2D eigenvalue weighted by Crippen LogP contribution is 2.37. The number of alkyl halides is 3. The van der Waals surface area contributed by atoms with Crippen molar-refractivity contribution in [1.29, 1.82) is 0 Å². The zero-order valence-electron chi connectivity index (χ0n) is 21.6. The Hall–Kier alpha value is -3.53. The summed E-state index contributed by atoms with van der Waals surface area (Å²) in [5.41, 5.74) is 3.10. The van der Waals surface area contributed by atoms with Gasteiger partial charge in [0.2, 0.25) is 5.90 Å². The molecular formula is C26H34F3N3O4. The Labute approximate surface area is 209 Å². The number of aromatic hydroxyl groups is 1. The number of phenols is 1. The molecule has 0 bridgehead atoms. The zero-order chi connectivity index (χ0) is 27.5. The number of nitrogens with zero attached hydrogens (tertiary/aromatic N) is 2. The van der Waals surface area contributed by atoms with Gasteiger partial charge in [0.25, 0.3) is 0 Å². The number of phenolic OH excluding ortho intramolecular Hbond substituents is 1. The summed E-state index contributed by atoms with van der Waals surface area (Å²) < 4.78 is 45.6. The minimum absolute atomic E-state index is 0.0310. The van der Waals surface area contributed by atoms with E-state index in [2.05, 4.69) is 10.5 Å². The molecule has 1 aliphatic rings. The van der Waals surface area contributed by atoms with Crippen molar-refractivity contribution in [2.45, 2.75) is 60.4 Å². The third-order valence-electron chi connectivity index (χ3n) is 4.73. The molecule has 0 radical (unpaired) electrons. The minimum atomic E-state index is -4.71. The van der Waals surface area contributed by atoms with E-state index in [1.165, 1.54) is 13.2 Å². The number of ether oxygens (including phenoxy) is 1. The van der Waals surface area contributed by atoms with Crippen LogP contribution < -0.4 is 5.48 Å². The Balaban J connectivity index is 0.00000101. The van der Waals surface area contributed by atoms with E-state index in [0.29, 0.717) is 0 Å². The molecule has 7 nitrogen and oxygen atoms in total. The second-order valence-corrected chi connectivity index (χ2v) is 6.59. The first-order valence-corrected chi connectivity index (χ1v) is 11.8. The quantitative estimate of drug-likeness (QED) is 0.387. The van der Waals surface area contributed by atoms with Gasteiger partial charge in [0.1, 0.15) is 12.3 Å². The normalized spacial score (nSPS) is 14.2. The summed E-state index contributed by atoms with van der Waals surface area (Å²) in [7, 11) is 1.31. The van der Waals surface area contributed by atoms with Crippen LogP contribution in [0.4, 0.5) is 13.2 Å². The standard InChI is InChI=1S/C20H16F3N3O4.3C2H6/c1-29-17(28)10-26-8-7-12-13(3-2-4-15(12)26)18-24-19(30-25-18)11-5-6-16(27)14(9-11)20(21,22)23;3*1-2/h2-9,18,25,27H,10H2,1H3;3*1-2H3. The number of halogens is 3. The van der Waals surface area contributed by atoms with Gasteiger partial charge >= 0.3 is 12.1 Å². The van der Waals surface area contributed by atoms with E-state index in [0.717, 1.165) is 28.6 Å². The molecule has 0 fully saturated rings. The van der Waals surface area contributed by atoms with Crippen molar-refractivity contribution in [2.75, 3.05) is 7.11 Å². The van der Waals surface area contributed by atoms with E-state index in [9.17, 15) is 23.1 Å². The van der Waals surface area contributed by atoms with E-state index in [-0.39, 0.29) is 18.0 Å². The van der Waals surface area contributed by atoms with E-state index in [4.69, 9.17) is 9.57 Å². The number of methoxy groups -OCH3 is 1. The summed E-state index contributed by atoms with van der Waals surface area (Å²) >= 11 is 0. The van der Waals surface area contributed by atoms with Crippen LogP contribution in [0.15, 0.2) is 53.7 Å². The molecule has 2 heterocycles. The zero-order valence-corrected chi connectivity index (χ0v) is 21.6. The van der Waals surface area contributed by atoms with Crippen molar-refractivity contribution in [1.82, 2.24) is 10.0 Å². The number of aliphatic imine (C=N–C) groups is 1. The predicted octanol–water partition coefficient (Wildman–Crippen LogP) is 6.60. The first-order valence-electron chi connectivity index (χ1n) is 11.8. The molecular weight excluding hydrogens is 475 g/mol. The molecule has 2 N–H and O–H groups in total. The lowest BCUT2D eigenvalue weighted by molar-refractivity contribution is -0.141. The van der Waals surface area contributed by atoms with Crippen LogP contribution in [0.1, 0.15) is 64.4 Å². The number of aromatic nitrogens is 1. The summed E-state index contributed by atoms with van der Waals surface area (Å²) in [6, 6.07) is 10.2. The van der Waals surface area contributed by atoms with Crippen molar-refractivity contribution in [3.63, 3.8) is 0 Å². The predicted molar refractivity (Wildman–Crippen MR) is 135 cm³/mol. The molecule has 1 aromatic heterocycles. The van der Waals surface area contributed by atoms with Gasteiger partial charge in [-0.3, -0.25) is 4.79 Å². The highest BCUT2D eigenvalue weighted by Gasteiger charge is 2.35. The van der Waals surface area contributed by atoms with Gasteiger partial charge in [0, 0.05) is 28.2 Å². The number of hydrogen-bond acceptors (Lipinski definition) is 6. The van der Waals surface area contributed by atoms with Crippen LogP contribution in [0.5, 0.6) is 5.75 Å². The van der Waals surface area contributed by atoms with E-state index in [1.807, 2.05) is 53.7 Å². The molecule has 1 aliphatic heterocycles. The number of rotatable bonds is 4. The fraction of sp³-hybridized carbons (Fsp3) is 0.385. The van der Waals surface area contributed by atoms with Crippen molar-refractivity contribution >= 4 is 22.8 Å². The average molecular weight is 510 g/mol. The van der Waals surface area contributed by atoms with Crippen LogP contribution in [0.25, 0.3) is 10.9 Å². The Morgan fingerprint density at radius 3 is 2.39 bits per heavy atom. The van der Waals surface area contributed by atoms with E-state index in [1.54, 1.807) is 22.9 Å². The highest BCUT2D eigenvalue weighted by atomic mass is 19.4. The van der Waals surface area contributed by atoms with Crippen molar-refractivity contribution < 1.29 is 32.6 Å². The maximum absolute atomic E-state index is 13.1. The van der Waals surface area contributed by atoms with Gasteiger partial charge in [-0.25, -0.2) is 4.99 Å². The van der Waals surface area contributed by atoms with Crippen molar-refractivity contribution in [2.24, 2.45) is 4.99 Å². The van der Waals surface area contributed by atoms with Gasteiger partial charge in [-0.2, -0.15) is 13.2 Å². The molecule has 1 atom stereocenters. The summed E-state index contributed by atoms with van der Waals surface area (Å²) in [6.45, 7) is 12.0. The SMILES string of the molecule is CC.CC.CC.COC(=O)Cn1ccc2c(C3N=C(c4ccc(O)c(C(F)(F)F)c4)ON3)cccc21. The molecule has 2 aromatic carbocycles. The molecule has 36 heavy (non-hydrogen) atoms. The largest absolute Gasteiger partial charge is 0.507 e. The van der Waals surface area contributed by atoms with Gasteiger partial charge in [0.05, 0.1) is 12.7 Å². The molecule has 0 saturated carbocycles. The fourth-order valence-electron chi connectivity index (χ4n) is 3.27. The second kappa shape index (κ2) is 14.1. The number of carbonyl (C=O) groups excluding carboxylic acids is 1. The topological polar surface area (TPSA) is 85.1 Å². The van der Waals surface area contributed by atoms with E-state index >= 15 is 0 Å². The molecule has 198 valence electrons. The molecule has 0 amide bonds. The Morgan fingerprint density at radius 2 is 1.78 bits per heavy atom. The maximum Gasteiger partial charge on any atom is 0.419 e. The van der Waals surface area contributed by atoms with Crippen molar-refractivity contribution in [3.8, 4) is 5.75 Å². The molecule has 4 rings (SSSR count). The van der Waals surface area contributed by atoms with Crippen molar-refractivity contribution in [3.05, 3.63) is 65.4 Å². The number of fused-ring (bicyclic) bond motifs is 1. The number of nitrogens with one attached hydrogen (secondary N) is 1. The smallest absolute Gasteiger partial charge is 0.419 e. The lowest BCUT2D eigenvalue weighted by Gasteiger charge is -2.10. The lowest BCUT2D eigenvalue weighted by Crippen LogP contribution is -2.15. The molecule has 1 unspecified atom stereocenters. The van der Waals surface area contributed by atoms with Gasteiger partial charge in [0.15, 0.2) is 6.17 Å². The van der Waals surface area contributed by atoms with Gasteiger partial charge in [-0.05, 0) is 30.3 Å². The Kier molecular flexibility index (Phi) is 12.0. The van der Waals surface area contributed by atoms with Gasteiger partial charge < -0.3 is 19.2 Å². The number of hydrogen-bond donors (Lipinski definition) is 2. The summed E-state index contributed by atoms with van der Waals surface area (Å²) in [4.78, 5) is 21.3. The molecule has 0 saturated heterocycles. The van der Waals surface area contributed by atoms with Gasteiger partial charge in [-0.1, -0.05) is 53.7 Å². The first-order chi connectivity index (χ1) is 17.3. The molecule has 3 aromatic rings. The average Bonchev–Trinajstić information content (AvgIpc) is 3.55. The number of carbonyl (C=O) groups is 1.